The van der Waals surface area contributed by atoms with Crippen LogP contribution in [0.4, 0.5) is 0 Å². The van der Waals surface area contributed by atoms with Crippen molar-refractivity contribution in [1.29, 1.82) is 0 Å². The first-order chi connectivity index (χ1) is 4.60. The molecule has 0 aromatic carbocycles. The Bertz CT molecular complexity index is 107. The van der Waals surface area contributed by atoms with Crippen LogP contribution in [0.3, 0.4) is 0 Å². The molecule has 1 aliphatic heterocycles. The molecule has 1 rings (SSSR count). The van der Waals surface area contributed by atoms with Crippen molar-refractivity contribution in [3.63, 3.8) is 0 Å². The first-order valence-corrected chi connectivity index (χ1v) is 4.35. The monoisotopic (exact) mass is 141 g/mol. The van der Waals surface area contributed by atoms with Gasteiger partial charge in [-0.25, -0.2) is 0 Å². The maximum Gasteiger partial charge on any atom is 0.0127 e. The van der Waals surface area contributed by atoms with E-state index in [1.807, 2.05) is 0 Å². The van der Waals surface area contributed by atoms with Gasteiger partial charge in [0.25, 0.3) is 0 Å². The average molecular weight is 141 g/mol. The number of hydrogen-bond acceptors (Lipinski definition) is 1. The highest BCUT2D eigenvalue weighted by atomic mass is 15.0. The highest BCUT2D eigenvalue weighted by molar-refractivity contribution is 4.82. The van der Waals surface area contributed by atoms with Gasteiger partial charge in [-0.15, -0.1) is 0 Å². The van der Waals surface area contributed by atoms with Gasteiger partial charge in [0, 0.05) is 5.54 Å². The summed E-state index contributed by atoms with van der Waals surface area (Å²) >= 11 is 0. The summed E-state index contributed by atoms with van der Waals surface area (Å²) in [6, 6.07) is 0. The molecule has 0 aliphatic carbocycles. The Labute approximate surface area is 64.2 Å². The van der Waals surface area contributed by atoms with Crippen molar-refractivity contribution in [2.45, 2.75) is 45.6 Å². The van der Waals surface area contributed by atoms with Crippen LogP contribution in [0, 0.1) is 5.92 Å². The van der Waals surface area contributed by atoms with Gasteiger partial charge in [-0.05, 0) is 45.6 Å². The van der Waals surface area contributed by atoms with E-state index in [1.54, 1.807) is 0 Å². The van der Waals surface area contributed by atoms with E-state index in [0.717, 1.165) is 5.92 Å². The SMILES string of the molecule is CC1CCCNC(C)(C)C1. The van der Waals surface area contributed by atoms with Crippen molar-refractivity contribution >= 4 is 0 Å². The van der Waals surface area contributed by atoms with Crippen molar-refractivity contribution in [3.8, 4) is 0 Å². The van der Waals surface area contributed by atoms with Gasteiger partial charge in [-0.2, -0.15) is 0 Å². The van der Waals surface area contributed by atoms with Crippen LogP contribution in [-0.2, 0) is 0 Å². The van der Waals surface area contributed by atoms with Gasteiger partial charge in [0.05, 0.1) is 0 Å². The molecule has 1 heteroatoms. The van der Waals surface area contributed by atoms with Crippen molar-refractivity contribution in [2.75, 3.05) is 6.54 Å². The lowest BCUT2D eigenvalue weighted by molar-refractivity contribution is 0.340. The van der Waals surface area contributed by atoms with Crippen LogP contribution in [0.5, 0.6) is 0 Å². The zero-order valence-electron chi connectivity index (χ0n) is 7.41. The van der Waals surface area contributed by atoms with Gasteiger partial charge >= 0.3 is 0 Å². The number of nitrogens with one attached hydrogen (secondary N) is 1. The van der Waals surface area contributed by atoms with E-state index in [2.05, 4.69) is 26.1 Å². The molecule has 1 atom stereocenters. The number of rotatable bonds is 0. The number of hydrogen-bond donors (Lipinski definition) is 1. The molecule has 10 heavy (non-hydrogen) atoms. The van der Waals surface area contributed by atoms with E-state index >= 15 is 0 Å². The highest BCUT2D eigenvalue weighted by Crippen LogP contribution is 2.22. The van der Waals surface area contributed by atoms with Crippen molar-refractivity contribution < 1.29 is 0 Å². The van der Waals surface area contributed by atoms with E-state index < -0.39 is 0 Å². The van der Waals surface area contributed by atoms with Crippen LogP contribution >= 0.6 is 0 Å². The predicted octanol–water partition coefficient (Wildman–Crippen LogP) is 2.17. The summed E-state index contributed by atoms with van der Waals surface area (Å²) in [7, 11) is 0. The van der Waals surface area contributed by atoms with E-state index in [0.29, 0.717) is 5.54 Å². The molecule has 0 aromatic rings. The van der Waals surface area contributed by atoms with E-state index in [9.17, 15) is 0 Å². The third-order valence-electron chi connectivity index (χ3n) is 2.34. The van der Waals surface area contributed by atoms with E-state index in [1.165, 1.54) is 25.8 Å². The largest absolute Gasteiger partial charge is 0.312 e. The topological polar surface area (TPSA) is 12.0 Å². The minimum Gasteiger partial charge on any atom is -0.312 e. The van der Waals surface area contributed by atoms with Crippen LogP contribution in [0.2, 0.25) is 0 Å². The average Bonchev–Trinajstić information content (AvgIpc) is 1.90. The van der Waals surface area contributed by atoms with Crippen molar-refractivity contribution in [3.05, 3.63) is 0 Å². The summed E-state index contributed by atoms with van der Waals surface area (Å²) in [6.45, 7) is 8.16. The maximum atomic E-state index is 3.55. The first-order valence-electron chi connectivity index (χ1n) is 4.35. The second-order valence-corrected chi connectivity index (χ2v) is 4.26. The molecule has 0 saturated carbocycles. The summed E-state index contributed by atoms with van der Waals surface area (Å²) in [5.74, 6) is 0.907. The van der Waals surface area contributed by atoms with Crippen LogP contribution in [0.25, 0.3) is 0 Å². The molecule has 0 spiro atoms. The molecular weight excluding hydrogens is 122 g/mol. The molecule has 1 nitrogen and oxygen atoms in total. The molecule has 1 aliphatic rings. The minimum absolute atomic E-state index is 0.385. The molecule has 1 heterocycles. The Hall–Kier alpha value is -0.0400. The van der Waals surface area contributed by atoms with Gasteiger partial charge < -0.3 is 5.32 Å². The van der Waals surface area contributed by atoms with Gasteiger partial charge in [0.15, 0.2) is 0 Å². The summed E-state index contributed by atoms with van der Waals surface area (Å²) in [5.41, 5.74) is 0.385. The molecule has 1 saturated heterocycles. The van der Waals surface area contributed by atoms with E-state index in [4.69, 9.17) is 0 Å². The lowest BCUT2D eigenvalue weighted by atomic mass is 9.91. The maximum absolute atomic E-state index is 3.55. The van der Waals surface area contributed by atoms with Crippen molar-refractivity contribution in [1.82, 2.24) is 5.32 Å². The fourth-order valence-electron chi connectivity index (χ4n) is 1.92. The molecule has 60 valence electrons. The summed E-state index contributed by atoms with van der Waals surface area (Å²) in [6.07, 6.45) is 4.08. The summed E-state index contributed by atoms with van der Waals surface area (Å²) in [4.78, 5) is 0. The second kappa shape index (κ2) is 2.91. The van der Waals surface area contributed by atoms with Crippen LogP contribution in [0.15, 0.2) is 0 Å². The third-order valence-corrected chi connectivity index (χ3v) is 2.34. The Morgan fingerprint density at radius 1 is 1.40 bits per heavy atom. The molecule has 1 unspecified atom stereocenters. The normalized spacial score (nSPS) is 33.3. The molecule has 0 bridgehead atoms. The molecular formula is C9H19N. The van der Waals surface area contributed by atoms with Gasteiger partial charge in [0.2, 0.25) is 0 Å². The van der Waals surface area contributed by atoms with Crippen molar-refractivity contribution in [2.24, 2.45) is 5.92 Å². The fourth-order valence-corrected chi connectivity index (χ4v) is 1.92. The van der Waals surface area contributed by atoms with E-state index in [-0.39, 0.29) is 0 Å². The standard InChI is InChI=1S/C9H19N/c1-8-5-4-6-10-9(2,3)7-8/h8,10H,4-7H2,1-3H3. The zero-order valence-corrected chi connectivity index (χ0v) is 7.41. The molecule has 1 N–H and O–H groups in total. The van der Waals surface area contributed by atoms with Gasteiger partial charge in [-0.3, -0.25) is 0 Å². The lowest BCUT2D eigenvalue weighted by Gasteiger charge is -2.25. The van der Waals surface area contributed by atoms with Gasteiger partial charge in [-0.1, -0.05) is 6.92 Å². The quantitative estimate of drug-likeness (QED) is 0.545. The van der Waals surface area contributed by atoms with Gasteiger partial charge in [0.1, 0.15) is 0 Å². The fraction of sp³-hybridized carbons (Fsp3) is 1.00. The minimum atomic E-state index is 0.385. The lowest BCUT2D eigenvalue weighted by Crippen LogP contribution is -2.38. The summed E-state index contributed by atoms with van der Waals surface area (Å²) in [5, 5.41) is 3.55. The summed E-state index contributed by atoms with van der Waals surface area (Å²) < 4.78 is 0. The Balaban J connectivity index is 2.46. The van der Waals surface area contributed by atoms with Crippen LogP contribution in [-0.4, -0.2) is 12.1 Å². The van der Waals surface area contributed by atoms with Crippen LogP contribution in [0.1, 0.15) is 40.0 Å². The molecule has 0 amide bonds. The van der Waals surface area contributed by atoms with Crippen LogP contribution < -0.4 is 5.32 Å². The predicted molar refractivity (Wildman–Crippen MR) is 45.1 cm³/mol. The zero-order chi connectivity index (χ0) is 7.61. The Morgan fingerprint density at radius 3 is 2.80 bits per heavy atom. The molecule has 1 fully saturated rings. The third kappa shape index (κ3) is 2.30. The Kier molecular flexibility index (Phi) is 2.35. The highest BCUT2D eigenvalue weighted by Gasteiger charge is 2.22. The Morgan fingerprint density at radius 2 is 2.10 bits per heavy atom. The first kappa shape index (κ1) is 8.06. The second-order valence-electron chi connectivity index (χ2n) is 4.26. The molecule has 0 aromatic heterocycles. The molecule has 0 radical (unpaired) electrons. The smallest absolute Gasteiger partial charge is 0.0127 e.